The molecule has 0 unspecified atom stereocenters. The third kappa shape index (κ3) is 7.13. The van der Waals surface area contributed by atoms with Crippen molar-refractivity contribution in [3.8, 4) is 0 Å². The maximum Gasteiger partial charge on any atom is 0.223 e. The summed E-state index contributed by atoms with van der Waals surface area (Å²) in [6, 6.07) is 15.8. The Labute approximate surface area is 211 Å². The van der Waals surface area contributed by atoms with Gasteiger partial charge in [0.05, 0.1) is 5.75 Å². The fourth-order valence-electron chi connectivity index (χ4n) is 4.75. The van der Waals surface area contributed by atoms with E-state index in [-0.39, 0.29) is 17.6 Å². The standard InChI is InChI=1S/C26H34BrN3O3S/c27-25-10-8-23(9-11-25)20-34(32,33)30-16-12-24(13-17-30)26(31)28-18-21-4-6-22(7-5-21)19-29-14-2-1-3-15-29/h4-11,24H,1-3,12-20H2,(H,28,31). The lowest BCUT2D eigenvalue weighted by Crippen LogP contribution is -2.43. The largest absolute Gasteiger partial charge is 0.352 e. The van der Waals surface area contributed by atoms with Crippen LogP contribution < -0.4 is 5.32 Å². The highest BCUT2D eigenvalue weighted by molar-refractivity contribution is 9.10. The summed E-state index contributed by atoms with van der Waals surface area (Å²) in [6.45, 7) is 4.65. The number of nitrogens with zero attached hydrogens (tertiary/aromatic N) is 2. The number of carbonyl (C=O) groups is 1. The van der Waals surface area contributed by atoms with Gasteiger partial charge in [-0.15, -0.1) is 0 Å². The number of carbonyl (C=O) groups excluding carboxylic acids is 1. The molecule has 1 amide bonds. The Bertz CT molecular complexity index is 1040. The molecule has 2 aromatic carbocycles. The van der Waals surface area contributed by atoms with Crippen LogP contribution >= 0.6 is 15.9 Å². The molecule has 0 bridgehead atoms. The lowest BCUT2D eigenvalue weighted by Gasteiger charge is -2.30. The van der Waals surface area contributed by atoms with Crippen LogP contribution in [-0.4, -0.2) is 49.7 Å². The van der Waals surface area contributed by atoms with Gasteiger partial charge in [-0.3, -0.25) is 9.69 Å². The molecule has 0 aliphatic carbocycles. The Kier molecular flexibility index (Phi) is 8.80. The summed E-state index contributed by atoms with van der Waals surface area (Å²) in [5.41, 5.74) is 3.17. The van der Waals surface area contributed by atoms with Gasteiger partial charge in [0.15, 0.2) is 0 Å². The number of amides is 1. The van der Waals surface area contributed by atoms with E-state index in [9.17, 15) is 13.2 Å². The minimum Gasteiger partial charge on any atom is -0.352 e. The van der Waals surface area contributed by atoms with E-state index >= 15 is 0 Å². The quantitative estimate of drug-likeness (QED) is 0.535. The first-order valence-electron chi connectivity index (χ1n) is 12.2. The number of rotatable bonds is 8. The molecule has 0 aromatic heterocycles. The molecule has 184 valence electrons. The van der Waals surface area contributed by atoms with Gasteiger partial charge in [0.1, 0.15) is 0 Å². The van der Waals surface area contributed by atoms with Crippen LogP contribution in [0.4, 0.5) is 0 Å². The molecule has 0 atom stereocenters. The molecule has 0 spiro atoms. The van der Waals surface area contributed by atoms with Crippen molar-refractivity contribution >= 4 is 31.9 Å². The van der Waals surface area contributed by atoms with Crippen LogP contribution in [0.5, 0.6) is 0 Å². The zero-order valence-electron chi connectivity index (χ0n) is 19.6. The topological polar surface area (TPSA) is 69.7 Å². The van der Waals surface area contributed by atoms with Crippen LogP contribution in [-0.2, 0) is 33.7 Å². The predicted octanol–water partition coefficient (Wildman–Crippen LogP) is 4.29. The highest BCUT2D eigenvalue weighted by atomic mass is 79.9. The smallest absolute Gasteiger partial charge is 0.223 e. The molecular formula is C26H34BrN3O3S. The second-order valence-corrected chi connectivity index (χ2v) is 12.3. The molecule has 2 aliphatic rings. The Morgan fingerprint density at radius 1 is 0.853 bits per heavy atom. The fraction of sp³-hybridized carbons (Fsp3) is 0.500. The third-order valence-electron chi connectivity index (χ3n) is 6.83. The van der Waals surface area contributed by atoms with E-state index in [2.05, 4.69) is 50.4 Å². The summed E-state index contributed by atoms with van der Waals surface area (Å²) in [4.78, 5) is 15.2. The first kappa shape index (κ1) is 25.4. The van der Waals surface area contributed by atoms with Crippen LogP contribution in [0.3, 0.4) is 0 Å². The van der Waals surface area contributed by atoms with E-state index in [0.717, 1.165) is 22.1 Å². The van der Waals surface area contributed by atoms with Crippen LogP contribution in [0.1, 0.15) is 48.8 Å². The molecule has 2 heterocycles. The zero-order chi connectivity index (χ0) is 24.0. The molecular weight excluding hydrogens is 514 g/mol. The van der Waals surface area contributed by atoms with Crippen molar-refractivity contribution in [2.45, 2.75) is 50.9 Å². The number of sulfonamides is 1. The van der Waals surface area contributed by atoms with Crippen molar-refractivity contribution in [3.63, 3.8) is 0 Å². The van der Waals surface area contributed by atoms with Gasteiger partial charge < -0.3 is 5.32 Å². The summed E-state index contributed by atoms with van der Waals surface area (Å²) in [7, 11) is -3.39. The van der Waals surface area contributed by atoms with E-state index in [1.165, 1.54) is 42.2 Å². The molecule has 2 aliphatic heterocycles. The van der Waals surface area contributed by atoms with E-state index in [1.807, 2.05) is 24.3 Å². The highest BCUT2D eigenvalue weighted by Gasteiger charge is 2.31. The fourth-order valence-corrected chi connectivity index (χ4v) is 6.58. The maximum atomic E-state index is 12.8. The van der Waals surface area contributed by atoms with Crippen molar-refractivity contribution in [2.75, 3.05) is 26.2 Å². The van der Waals surface area contributed by atoms with Crippen molar-refractivity contribution in [1.82, 2.24) is 14.5 Å². The van der Waals surface area contributed by atoms with E-state index in [1.54, 1.807) is 0 Å². The van der Waals surface area contributed by atoms with Gasteiger partial charge in [-0.2, -0.15) is 0 Å². The first-order chi connectivity index (χ1) is 16.4. The van der Waals surface area contributed by atoms with Crippen LogP contribution in [0.25, 0.3) is 0 Å². The Morgan fingerprint density at radius 3 is 2.09 bits per heavy atom. The minimum atomic E-state index is -3.39. The molecule has 1 N–H and O–H groups in total. The Hall–Kier alpha value is -1.74. The van der Waals surface area contributed by atoms with Gasteiger partial charge in [-0.05, 0) is 67.6 Å². The van der Waals surface area contributed by atoms with E-state index < -0.39 is 10.0 Å². The number of hydrogen-bond acceptors (Lipinski definition) is 4. The van der Waals surface area contributed by atoms with Gasteiger partial charge >= 0.3 is 0 Å². The monoisotopic (exact) mass is 547 g/mol. The average Bonchev–Trinajstić information content (AvgIpc) is 2.85. The minimum absolute atomic E-state index is 0.00903. The molecule has 6 nitrogen and oxygen atoms in total. The van der Waals surface area contributed by atoms with Crippen LogP contribution in [0.15, 0.2) is 53.0 Å². The summed E-state index contributed by atoms with van der Waals surface area (Å²) in [5.74, 6) is -0.134. The summed E-state index contributed by atoms with van der Waals surface area (Å²) in [6.07, 6.45) is 5.04. The number of benzene rings is 2. The summed E-state index contributed by atoms with van der Waals surface area (Å²) < 4.78 is 28.0. The van der Waals surface area contributed by atoms with Crippen molar-refractivity contribution in [1.29, 1.82) is 0 Å². The first-order valence-corrected chi connectivity index (χ1v) is 14.6. The Morgan fingerprint density at radius 2 is 1.44 bits per heavy atom. The second kappa shape index (κ2) is 11.8. The average molecular weight is 549 g/mol. The molecule has 8 heteroatoms. The predicted molar refractivity (Wildman–Crippen MR) is 138 cm³/mol. The molecule has 0 radical (unpaired) electrons. The summed E-state index contributed by atoms with van der Waals surface area (Å²) in [5, 5.41) is 3.05. The van der Waals surface area contributed by atoms with Crippen molar-refractivity contribution in [3.05, 3.63) is 69.7 Å². The van der Waals surface area contributed by atoms with Gasteiger partial charge in [0, 0.05) is 36.6 Å². The number of hydrogen-bond donors (Lipinski definition) is 1. The molecule has 2 aromatic rings. The highest BCUT2D eigenvalue weighted by Crippen LogP contribution is 2.23. The number of nitrogens with one attached hydrogen (secondary N) is 1. The van der Waals surface area contributed by atoms with Crippen LogP contribution in [0, 0.1) is 5.92 Å². The second-order valence-electron chi connectivity index (χ2n) is 9.43. The number of piperidine rings is 2. The van der Waals surface area contributed by atoms with Gasteiger partial charge in [-0.25, -0.2) is 12.7 Å². The molecule has 34 heavy (non-hydrogen) atoms. The number of likely N-dealkylation sites (tertiary alicyclic amines) is 1. The summed E-state index contributed by atoms with van der Waals surface area (Å²) >= 11 is 3.37. The Balaban J connectivity index is 1.21. The molecule has 2 saturated heterocycles. The van der Waals surface area contributed by atoms with Crippen molar-refractivity contribution < 1.29 is 13.2 Å². The lowest BCUT2D eigenvalue weighted by atomic mass is 9.97. The molecule has 4 rings (SSSR count). The third-order valence-corrected chi connectivity index (χ3v) is 9.20. The maximum absolute atomic E-state index is 12.8. The van der Waals surface area contributed by atoms with Crippen LogP contribution in [0.2, 0.25) is 0 Å². The van der Waals surface area contributed by atoms with E-state index in [4.69, 9.17) is 0 Å². The zero-order valence-corrected chi connectivity index (χ0v) is 22.0. The molecule has 0 saturated carbocycles. The van der Waals surface area contributed by atoms with Gasteiger partial charge in [0.25, 0.3) is 0 Å². The van der Waals surface area contributed by atoms with E-state index in [0.29, 0.717) is 32.5 Å². The lowest BCUT2D eigenvalue weighted by molar-refractivity contribution is -0.126. The van der Waals surface area contributed by atoms with Gasteiger partial charge in [0.2, 0.25) is 15.9 Å². The van der Waals surface area contributed by atoms with Gasteiger partial charge in [-0.1, -0.05) is 58.7 Å². The van der Waals surface area contributed by atoms with Crippen molar-refractivity contribution in [2.24, 2.45) is 5.92 Å². The SMILES string of the molecule is O=C(NCc1ccc(CN2CCCCC2)cc1)C1CCN(S(=O)(=O)Cc2ccc(Br)cc2)CC1. The number of halogens is 1. The molecule has 2 fully saturated rings. The normalized spacial score (nSPS) is 18.6.